The molecule has 0 aromatic carbocycles. The first-order valence-corrected chi connectivity index (χ1v) is 6.93. The Bertz CT molecular complexity index is 372. The van der Waals surface area contributed by atoms with Crippen LogP contribution in [0.4, 0.5) is 8.78 Å². The molecule has 0 bridgehead atoms. The Morgan fingerprint density at radius 1 is 1.42 bits per heavy atom. The van der Waals surface area contributed by atoms with E-state index in [1.165, 1.54) is 12.4 Å². The first kappa shape index (κ1) is 14.4. The molecule has 1 aromatic heterocycles. The summed E-state index contributed by atoms with van der Waals surface area (Å²) in [6.07, 6.45) is 5.04. The van der Waals surface area contributed by atoms with Crippen molar-refractivity contribution in [2.75, 3.05) is 26.2 Å². The Balaban J connectivity index is 1.80. The number of piperidine rings is 1. The second-order valence-electron chi connectivity index (χ2n) is 5.06. The average molecular weight is 272 g/mol. The van der Waals surface area contributed by atoms with Crippen molar-refractivity contribution in [3.05, 3.63) is 18.2 Å². The molecule has 0 saturated carbocycles. The summed E-state index contributed by atoms with van der Waals surface area (Å²) >= 11 is 0. The molecule has 0 amide bonds. The van der Waals surface area contributed by atoms with E-state index in [-0.39, 0.29) is 0 Å². The zero-order valence-corrected chi connectivity index (χ0v) is 11.4. The normalized spacial score (nSPS) is 18.3. The number of imidazole rings is 1. The summed E-state index contributed by atoms with van der Waals surface area (Å²) in [7, 11) is 0. The van der Waals surface area contributed by atoms with Crippen molar-refractivity contribution >= 4 is 0 Å². The SMILES string of the molecule is CCNCC1CCN(Cc2nccn2C(F)F)CC1. The summed E-state index contributed by atoms with van der Waals surface area (Å²) in [5, 5.41) is 3.37. The Labute approximate surface area is 112 Å². The van der Waals surface area contributed by atoms with Gasteiger partial charge in [-0.25, -0.2) is 4.98 Å². The van der Waals surface area contributed by atoms with Gasteiger partial charge < -0.3 is 5.32 Å². The van der Waals surface area contributed by atoms with Crippen LogP contribution in [0.2, 0.25) is 0 Å². The van der Waals surface area contributed by atoms with Crippen molar-refractivity contribution in [3.63, 3.8) is 0 Å². The fourth-order valence-electron chi connectivity index (χ4n) is 2.54. The lowest BCUT2D eigenvalue weighted by Crippen LogP contribution is -2.37. The lowest BCUT2D eigenvalue weighted by Gasteiger charge is -2.31. The van der Waals surface area contributed by atoms with Crippen LogP contribution in [0.1, 0.15) is 32.1 Å². The van der Waals surface area contributed by atoms with Gasteiger partial charge in [0, 0.05) is 12.4 Å². The fraction of sp³-hybridized carbons (Fsp3) is 0.769. The van der Waals surface area contributed by atoms with Gasteiger partial charge in [-0.15, -0.1) is 0 Å². The van der Waals surface area contributed by atoms with E-state index >= 15 is 0 Å². The highest BCUT2D eigenvalue weighted by Gasteiger charge is 2.21. The smallest absolute Gasteiger partial charge is 0.317 e. The van der Waals surface area contributed by atoms with Gasteiger partial charge in [0.15, 0.2) is 0 Å². The molecule has 1 saturated heterocycles. The van der Waals surface area contributed by atoms with Crippen LogP contribution in [-0.4, -0.2) is 40.6 Å². The second kappa shape index (κ2) is 6.96. The number of likely N-dealkylation sites (tertiary alicyclic amines) is 1. The van der Waals surface area contributed by atoms with E-state index in [4.69, 9.17) is 0 Å². The van der Waals surface area contributed by atoms with Gasteiger partial charge in [-0.1, -0.05) is 6.92 Å². The molecular weight excluding hydrogens is 250 g/mol. The highest BCUT2D eigenvalue weighted by molar-refractivity contribution is 4.93. The van der Waals surface area contributed by atoms with Crippen LogP contribution in [-0.2, 0) is 6.54 Å². The van der Waals surface area contributed by atoms with E-state index in [1.807, 2.05) is 0 Å². The summed E-state index contributed by atoms with van der Waals surface area (Å²) in [4.78, 5) is 6.24. The van der Waals surface area contributed by atoms with Crippen LogP contribution in [0, 0.1) is 5.92 Å². The van der Waals surface area contributed by atoms with Gasteiger partial charge in [-0.3, -0.25) is 9.47 Å². The van der Waals surface area contributed by atoms with Crippen molar-refractivity contribution in [2.45, 2.75) is 32.9 Å². The zero-order valence-electron chi connectivity index (χ0n) is 11.4. The second-order valence-corrected chi connectivity index (χ2v) is 5.06. The summed E-state index contributed by atoms with van der Waals surface area (Å²) in [5.74, 6) is 1.17. The molecule has 6 heteroatoms. The molecule has 0 atom stereocenters. The van der Waals surface area contributed by atoms with E-state index in [0.29, 0.717) is 18.3 Å². The highest BCUT2D eigenvalue weighted by atomic mass is 19.3. The van der Waals surface area contributed by atoms with Gasteiger partial charge in [0.1, 0.15) is 5.82 Å². The number of alkyl halides is 2. The predicted octanol–water partition coefficient (Wildman–Crippen LogP) is 2.10. The molecule has 1 fully saturated rings. The molecule has 1 N–H and O–H groups in total. The van der Waals surface area contributed by atoms with Gasteiger partial charge >= 0.3 is 6.55 Å². The Hall–Kier alpha value is -1.01. The Morgan fingerprint density at radius 2 is 2.16 bits per heavy atom. The number of rotatable bonds is 6. The largest absolute Gasteiger partial charge is 0.319 e. The van der Waals surface area contributed by atoms with Gasteiger partial charge in [-0.2, -0.15) is 8.78 Å². The third kappa shape index (κ3) is 3.98. The van der Waals surface area contributed by atoms with Crippen molar-refractivity contribution < 1.29 is 8.78 Å². The highest BCUT2D eigenvalue weighted by Crippen LogP contribution is 2.19. The van der Waals surface area contributed by atoms with E-state index in [1.54, 1.807) is 0 Å². The van der Waals surface area contributed by atoms with Crippen LogP contribution < -0.4 is 5.32 Å². The third-order valence-electron chi connectivity index (χ3n) is 3.71. The molecule has 1 aliphatic heterocycles. The third-order valence-corrected chi connectivity index (χ3v) is 3.71. The molecule has 2 rings (SSSR count). The summed E-state index contributed by atoms with van der Waals surface area (Å²) < 4.78 is 26.4. The first-order valence-electron chi connectivity index (χ1n) is 6.93. The van der Waals surface area contributed by atoms with Gasteiger partial charge in [0.2, 0.25) is 0 Å². The lowest BCUT2D eigenvalue weighted by atomic mass is 9.97. The molecule has 0 aliphatic carbocycles. The molecule has 19 heavy (non-hydrogen) atoms. The van der Waals surface area contributed by atoms with Crippen LogP contribution in [0.25, 0.3) is 0 Å². The number of aromatic nitrogens is 2. The first-order chi connectivity index (χ1) is 9.20. The molecule has 2 heterocycles. The fourth-order valence-corrected chi connectivity index (χ4v) is 2.54. The molecule has 1 aromatic rings. The van der Waals surface area contributed by atoms with E-state index in [0.717, 1.165) is 43.6 Å². The number of nitrogens with one attached hydrogen (secondary N) is 1. The Kier molecular flexibility index (Phi) is 5.27. The number of hydrogen-bond donors (Lipinski definition) is 1. The maximum atomic E-state index is 12.7. The van der Waals surface area contributed by atoms with E-state index < -0.39 is 6.55 Å². The minimum atomic E-state index is -2.50. The summed E-state index contributed by atoms with van der Waals surface area (Å²) in [5.41, 5.74) is 0. The summed E-state index contributed by atoms with van der Waals surface area (Å²) in [6, 6.07) is 0. The lowest BCUT2D eigenvalue weighted by molar-refractivity contribution is 0.0623. The van der Waals surface area contributed by atoms with E-state index in [2.05, 4.69) is 22.1 Å². The number of hydrogen-bond acceptors (Lipinski definition) is 3. The van der Waals surface area contributed by atoms with Crippen LogP contribution in [0.5, 0.6) is 0 Å². The van der Waals surface area contributed by atoms with E-state index in [9.17, 15) is 8.78 Å². The van der Waals surface area contributed by atoms with Crippen molar-refractivity contribution in [2.24, 2.45) is 5.92 Å². The maximum Gasteiger partial charge on any atom is 0.319 e. The number of nitrogens with zero attached hydrogens (tertiary/aromatic N) is 3. The number of halogens is 2. The monoisotopic (exact) mass is 272 g/mol. The van der Waals surface area contributed by atoms with Crippen LogP contribution in [0.3, 0.4) is 0 Å². The maximum absolute atomic E-state index is 12.7. The molecule has 1 aliphatic rings. The summed E-state index contributed by atoms with van der Waals surface area (Å²) in [6.45, 7) is 4.13. The molecule has 108 valence electrons. The van der Waals surface area contributed by atoms with Crippen LogP contribution in [0.15, 0.2) is 12.4 Å². The zero-order chi connectivity index (χ0) is 13.7. The predicted molar refractivity (Wildman–Crippen MR) is 70.0 cm³/mol. The van der Waals surface area contributed by atoms with Crippen molar-refractivity contribution in [1.29, 1.82) is 0 Å². The van der Waals surface area contributed by atoms with Crippen LogP contribution >= 0.6 is 0 Å². The average Bonchev–Trinajstić information content (AvgIpc) is 2.86. The molecular formula is C13H22F2N4. The van der Waals surface area contributed by atoms with Gasteiger partial charge in [0.05, 0.1) is 6.54 Å². The molecule has 0 spiro atoms. The molecule has 4 nitrogen and oxygen atoms in total. The Morgan fingerprint density at radius 3 is 2.79 bits per heavy atom. The minimum Gasteiger partial charge on any atom is -0.317 e. The topological polar surface area (TPSA) is 33.1 Å². The van der Waals surface area contributed by atoms with Gasteiger partial charge in [0.25, 0.3) is 0 Å². The van der Waals surface area contributed by atoms with Crippen molar-refractivity contribution in [1.82, 2.24) is 19.8 Å². The van der Waals surface area contributed by atoms with Crippen molar-refractivity contribution in [3.8, 4) is 0 Å². The minimum absolute atomic E-state index is 0.458. The standard InChI is InChI=1S/C13H22F2N4/c1-2-16-9-11-3-6-18(7-4-11)10-12-17-5-8-19(12)13(14)15/h5,8,11,13,16H,2-4,6-7,9-10H2,1H3. The quantitative estimate of drug-likeness (QED) is 0.861. The molecule has 0 unspecified atom stereocenters. The van der Waals surface area contributed by atoms with Gasteiger partial charge in [-0.05, 0) is 44.9 Å². The molecule has 0 radical (unpaired) electrons.